The molecule has 0 aliphatic heterocycles. The van der Waals surface area contributed by atoms with Gasteiger partial charge in [0.25, 0.3) is 0 Å². The highest BCUT2D eigenvalue weighted by Crippen LogP contribution is 1.88. The predicted molar refractivity (Wildman–Crippen MR) is 33.0 cm³/mol. The largest absolute Gasteiger partial charge is 0.224 e. The van der Waals surface area contributed by atoms with Crippen LogP contribution >= 0.6 is 0 Å². The van der Waals surface area contributed by atoms with Crippen molar-refractivity contribution >= 4 is 0 Å². The summed E-state index contributed by atoms with van der Waals surface area (Å²) in [7, 11) is 3.53. The zero-order chi connectivity index (χ0) is 6.57. The number of hydrogen-bond donors (Lipinski definition) is 0. The Morgan fingerprint density at radius 1 is 1.50 bits per heavy atom. The lowest BCUT2D eigenvalue weighted by Crippen LogP contribution is -1.99. The summed E-state index contributed by atoms with van der Waals surface area (Å²) in [6.07, 6.45) is 0. The van der Waals surface area contributed by atoms with Crippen molar-refractivity contribution in [3.05, 3.63) is 5.43 Å². The average molecular weight is 115 g/mol. The van der Waals surface area contributed by atoms with E-state index in [2.05, 4.69) is 10.5 Å². The van der Waals surface area contributed by atoms with Crippen LogP contribution in [-0.2, 0) is 0 Å². The summed E-state index contributed by atoms with van der Waals surface area (Å²) in [6, 6.07) is 0.337. The van der Waals surface area contributed by atoms with Gasteiger partial charge in [-0.2, -0.15) is 4.81 Å². The summed E-state index contributed by atoms with van der Waals surface area (Å²) in [5.74, 6) is 0. The molecule has 0 spiro atoms. The van der Waals surface area contributed by atoms with E-state index in [0.717, 1.165) is 0 Å². The van der Waals surface area contributed by atoms with E-state index < -0.39 is 0 Å². The van der Waals surface area contributed by atoms with Crippen LogP contribution in [0.25, 0.3) is 5.43 Å². The first-order chi connectivity index (χ1) is 3.66. The first-order valence-electron chi connectivity index (χ1n) is 2.71. The van der Waals surface area contributed by atoms with E-state index in [9.17, 15) is 0 Å². The summed E-state index contributed by atoms with van der Waals surface area (Å²) < 4.78 is 0. The average Bonchev–Trinajstić information content (AvgIpc) is 1.65. The normalized spacial score (nSPS) is 12.4. The van der Waals surface area contributed by atoms with Crippen molar-refractivity contribution in [3.8, 4) is 0 Å². The molecule has 0 N–H and O–H groups in total. The molecule has 0 fully saturated rings. The zero-order valence-electron chi connectivity index (χ0n) is 5.92. The Labute approximate surface area is 50.4 Å². The first kappa shape index (κ1) is 7.40. The van der Waals surface area contributed by atoms with Crippen LogP contribution in [0.5, 0.6) is 0 Å². The molecule has 0 rings (SSSR count). The molecule has 0 radical (unpaired) electrons. The van der Waals surface area contributed by atoms with Crippen LogP contribution in [0.1, 0.15) is 13.8 Å². The number of rotatable bonds is 2. The lowest BCUT2D eigenvalue weighted by molar-refractivity contribution is -0.520. The Hall–Kier alpha value is -0.600. The van der Waals surface area contributed by atoms with Gasteiger partial charge in [0.2, 0.25) is 0 Å². The number of azo groups is 1. The summed E-state index contributed by atoms with van der Waals surface area (Å²) in [5, 5.41) is 4.06. The molecule has 0 aliphatic carbocycles. The van der Waals surface area contributed by atoms with E-state index in [-0.39, 0.29) is 0 Å². The van der Waals surface area contributed by atoms with Crippen LogP contribution in [0.3, 0.4) is 0 Å². The van der Waals surface area contributed by atoms with Gasteiger partial charge in [0.15, 0.2) is 7.05 Å². The van der Waals surface area contributed by atoms with E-state index in [4.69, 9.17) is 0 Å². The minimum absolute atomic E-state index is 0.337. The SMILES string of the molecule is C[N-][N+](C)=NC(C)C. The van der Waals surface area contributed by atoms with Gasteiger partial charge < -0.3 is 0 Å². The Morgan fingerprint density at radius 2 is 2.00 bits per heavy atom. The summed E-state index contributed by atoms with van der Waals surface area (Å²) >= 11 is 0. The quantitative estimate of drug-likeness (QED) is 0.296. The third kappa shape index (κ3) is 3.59. The molecule has 3 nitrogen and oxygen atoms in total. The maximum atomic E-state index is 4.06. The molecule has 0 aromatic rings. The highest BCUT2D eigenvalue weighted by Gasteiger charge is 1.83. The van der Waals surface area contributed by atoms with E-state index >= 15 is 0 Å². The van der Waals surface area contributed by atoms with Gasteiger partial charge in [0, 0.05) is 6.04 Å². The first-order valence-corrected chi connectivity index (χ1v) is 2.71. The van der Waals surface area contributed by atoms with Crippen LogP contribution in [0.4, 0.5) is 0 Å². The monoisotopic (exact) mass is 115 g/mol. The fraction of sp³-hybridized carbons (Fsp3) is 1.00. The van der Waals surface area contributed by atoms with Crippen LogP contribution in [0.15, 0.2) is 5.11 Å². The predicted octanol–water partition coefficient (Wildman–Crippen LogP) is 1.41. The molecular formula is C5H13N3. The molecule has 0 aromatic heterocycles. The second kappa shape index (κ2) is 3.41. The molecule has 0 amide bonds. The van der Waals surface area contributed by atoms with Crippen molar-refractivity contribution in [1.82, 2.24) is 0 Å². The van der Waals surface area contributed by atoms with E-state index in [1.54, 1.807) is 11.9 Å². The van der Waals surface area contributed by atoms with Gasteiger partial charge in [-0.05, 0) is 7.05 Å². The second-order valence-corrected chi connectivity index (χ2v) is 1.90. The molecule has 48 valence electrons. The van der Waals surface area contributed by atoms with Gasteiger partial charge in [-0.15, -0.1) is 0 Å². The van der Waals surface area contributed by atoms with Gasteiger partial charge in [-0.25, -0.2) is 10.5 Å². The fourth-order valence-corrected chi connectivity index (χ4v) is 0.386. The molecule has 0 saturated heterocycles. The topological polar surface area (TPSA) is 29.5 Å². The maximum absolute atomic E-state index is 4.06. The van der Waals surface area contributed by atoms with Crippen LogP contribution in [-0.4, -0.2) is 24.9 Å². The zero-order valence-corrected chi connectivity index (χ0v) is 5.92. The van der Waals surface area contributed by atoms with Crippen LogP contribution in [0, 0.1) is 0 Å². The third-order valence-electron chi connectivity index (χ3n) is 0.687. The van der Waals surface area contributed by atoms with Gasteiger partial charge >= 0.3 is 0 Å². The Bertz CT molecular complexity index is 85.7. The molecule has 0 atom stereocenters. The summed E-state index contributed by atoms with van der Waals surface area (Å²) in [5.41, 5.74) is 3.80. The molecule has 0 bridgehead atoms. The van der Waals surface area contributed by atoms with Crippen molar-refractivity contribution < 1.29 is 4.81 Å². The Kier molecular flexibility index (Phi) is 3.15. The van der Waals surface area contributed by atoms with Crippen molar-refractivity contribution in [2.75, 3.05) is 14.1 Å². The highest BCUT2D eigenvalue weighted by atomic mass is 15.5. The van der Waals surface area contributed by atoms with Crippen molar-refractivity contribution in [1.29, 1.82) is 0 Å². The highest BCUT2D eigenvalue weighted by molar-refractivity contribution is 4.41. The smallest absolute Gasteiger partial charge is 0.152 e. The summed E-state index contributed by atoms with van der Waals surface area (Å²) in [6.45, 7) is 4.03. The molecule has 3 heteroatoms. The Balaban J connectivity index is 3.56. The molecule has 0 aromatic carbocycles. The minimum Gasteiger partial charge on any atom is -0.224 e. The molecule has 0 saturated carbocycles. The second-order valence-electron chi connectivity index (χ2n) is 1.90. The lowest BCUT2D eigenvalue weighted by atomic mass is 10.4. The summed E-state index contributed by atoms with van der Waals surface area (Å²) in [4.78, 5) is 1.57. The lowest BCUT2D eigenvalue weighted by Gasteiger charge is -2.02. The molecular weight excluding hydrogens is 102 g/mol. The molecule has 8 heavy (non-hydrogen) atoms. The molecule has 0 aliphatic rings. The number of nitrogens with zero attached hydrogens (tertiary/aromatic N) is 3. The van der Waals surface area contributed by atoms with E-state index in [0.29, 0.717) is 6.04 Å². The maximum Gasteiger partial charge on any atom is 0.152 e. The molecule has 0 unspecified atom stereocenters. The third-order valence-corrected chi connectivity index (χ3v) is 0.687. The van der Waals surface area contributed by atoms with Gasteiger partial charge in [0.1, 0.15) is 0 Å². The van der Waals surface area contributed by atoms with Crippen molar-refractivity contribution in [2.45, 2.75) is 19.9 Å². The molecule has 0 heterocycles. The van der Waals surface area contributed by atoms with Gasteiger partial charge in [-0.1, -0.05) is 13.8 Å². The fourth-order valence-electron chi connectivity index (χ4n) is 0.386. The standard InChI is InChI=1S/C5H13N3/c1-5(2)7-8(4)6-3/h5H,1-4H3. The Morgan fingerprint density at radius 3 is 2.12 bits per heavy atom. The van der Waals surface area contributed by atoms with Crippen LogP contribution in [0.2, 0.25) is 0 Å². The number of hydrogen-bond acceptors (Lipinski definition) is 1. The van der Waals surface area contributed by atoms with Crippen molar-refractivity contribution in [2.24, 2.45) is 5.11 Å². The van der Waals surface area contributed by atoms with Gasteiger partial charge in [0.05, 0.1) is 0 Å². The van der Waals surface area contributed by atoms with Gasteiger partial charge in [-0.3, -0.25) is 0 Å². The van der Waals surface area contributed by atoms with E-state index in [1.165, 1.54) is 0 Å². The van der Waals surface area contributed by atoms with Crippen molar-refractivity contribution in [3.63, 3.8) is 0 Å². The van der Waals surface area contributed by atoms with Crippen LogP contribution < -0.4 is 0 Å². The van der Waals surface area contributed by atoms with E-state index in [1.807, 2.05) is 20.9 Å². The minimum atomic E-state index is 0.337.